The minimum Gasteiger partial charge on any atom is -0.545 e. The minimum absolute atomic E-state index is 0.0934. The number of rotatable bonds is 3. The minimum atomic E-state index is -1.57. The zero-order chi connectivity index (χ0) is 14.0. The quantitative estimate of drug-likeness (QED) is 0.791. The van der Waals surface area contributed by atoms with Crippen molar-refractivity contribution in [3.63, 3.8) is 0 Å². The number of Topliss-reactive ketones (excluding diaryl/α,β-unsaturated/α-hetero) is 1. The molecule has 0 bridgehead atoms. The molecular weight excluding hydrogens is 247 g/mol. The van der Waals surface area contributed by atoms with Gasteiger partial charge in [0, 0.05) is 11.1 Å². The van der Waals surface area contributed by atoms with E-state index >= 15 is 0 Å². The van der Waals surface area contributed by atoms with E-state index in [0.29, 0.717) is 16.7 Å². The number of halogens is 1. The molecule has 0 saturated carbocycles. The second-order valence-corrected chi connectivity index (χ2v) is 4.12. The van der Waals surface area contributed by atoms with Gasteiger partial charge in [0.05, 0.1) is 5.97 Å². The molecule has 0 spiro atoms. The number of ketones is 1. The average Bonchev–Trinajstić information content (AvgIpc) is 2.39. The normalized spacial score (nSPS) is 10.2. The summed E-state index contributed by atoms with van der Waals surface area (Å²) in [5.41, 5.74) is 1.18. The third kappa shape index (κ3) is 2.68. The number of aromatic carboxylic acids is 1. The first-order valence-corrected chi connectivity index (χ1v) is 5.61. The molecule has 0 amide bonds. The zero-order valence-electron chi connectivity index (χ0n) is 10.1. The zero-order valence-corrected chi connectivity index (χ0v) is 10.1. The summed E-state index contributed by atoms with van der Waals surface area (Å²) >= 11 is 0. The maximum absolute atomic E-state index is 13.3. The van der Waals surface area contributed by atoms with Crippen molar-refractivity contribution in [2.24, 2.45) is 0 Å². The van der Waals surface area contributed by atoms with E-state index < -0.39 is 17.3 Å². The highest BCUT2D eigenvalue weighted by atomic mass is 19.1. The fourth-order valence-corrected chi connectivity index (χ4v) is 1.78. The summed E-state index contributed by atoms with van der Waals surface area (Å²) in [5, 5.41) is 10.8. The number of carbonyl (C=O) groups is 2. The van der Waals surface area contributed by atoms with E-state index in [2.05, 4.69) is 0 Å². The van der Waals surface area contributed by atoms with E-state index in [1.54, 1.807) is 24.3 Å². The molecule has 2 rings (SSSR count). The first-order chi connectivity index (χ1) is 8.99. The molecule has 0 fully saturated rings. The summed E-state index contributed by atoms with van der Waals surface area (Å²) in [6, 6.07) is 10.4. The van der Waals surface area contributed by atoms with Crippen molar-refractivity contribution in [3.05, 3.63) is 59.4 Å². The van der Waals surface area contributed by atoms with Crippen LogP contribution >= 0.6 is 0 Å². The molecular formula is C15H10FO3-. The Morgan fingerprint density at radius 2 is 1.74 bits per heavy atom. The summed E-state index contributed by atoms with van der Waals surface area (Å²) in [6.07, 6.45) is 0. The SMILES string of the molecule is CC(=O)c1cccc(-c2ccc(F)c(C(=O)[O-])c2)c1. The highest BCUT2D eigenvalue weighted by Crippen LogP contribution is 2.23. The van der Waals surface area contributed by atoms with Gasteiger partial charge in [0.15, 0.2) is 5.78 Å². The monoisotopic (exact) mass is 257 g/mol. The van der Waals surface area contributed by atoms with Gasteiger partial charge in [-0.3, -0.25) is 4.79 Å². The molecule has 0 heterocycles. The largest absolute Gasteiger partial charge is 0.545 e. The van der Waals surface area contributed by atoms with Crippen LogP contribution in [-0.2, 0) is 0 Å². The predicted molar refractivity (Wildman–Crippen MR) is 66.2 cm³/mol. The lowest BCUT2D eigenvalue weighted by Gasteiger charge is -2.08. The van der Waals surface area contributed by atoms with Gasteiger partial charge in [-0.2, -0.15) is 0 Å². The summed E-state index contributed by atoms with van der Waals surface area (Å²) < 4.78 is 13.3. The van der Waals surface area contributed by atoms with Gasteiger partial charge in [0.25, 0.3) is 0 Å². The molecule has 4 heteroatoms. The third-order valence-electron chi connectivity index (χ3n) is 2.79. The molecule has 2 aromatic carbocycles. The molecule has 0 saturated heterocycles. The molecule has 19 heavy (non-hydrogen) atoms. The van der Waals surface area contributed by atoms with Gasteiger partial charge >= 0.3 is 0 Å². The Balaban J connectivity index is 2.53. The van der Waals surface area contributed by atoms with E-state index in [4.69, 9.17) is 0 Å². The van der Waals surface area contributed by atoms with E-state index in [1.165, 1.54) is 19.1 Å². The number of carboxylic acids is 1. The maximum Gasteiger partial charge on any atom is 0.159 e. The van der Waals surface area contributed by atoms with Crippen LogP contribution in [0.2, 0.25) is 0 Å². The highest BCUT2D eigenvalue weighted by molar-refractivity contribution is 5.95. The molecule has 0 N–H and O–H groups in total. The second kappa shape index (κ2) is 5.02. The molecule has 0 aliphatic carbocycles. The molecule has 0 aliphatic rings. The van der Waals surface area contributed by atoms with Gasteiger partial charge in [-0.05, 0) is 36.2 Å². The lowest BCUT2D eigenvalue weighted by molar-refractivity contribution is -0.255. The average molecular weight is 257 g/mol. The van der Waals surface area contributed by atoms with Crippen LogP contribution in [0.15, 0.2) is 42.5 Å². The van der Waals surface area contributed by atoms with Crippen LogP contribution in [0.1, 0.15) is 27.6 Å². The first-order valence-electron chi connectivity index (χ1n) is 5.61. The van der Waals surface area contributed by atoms with Crippen molar-refractivity contribution in [1.82, 2.24) is 0 Å². The fourth-order valence-electron chi connectivity index (χ4n) is 1.78. The molecule has 0 aliphatic heterocycles. The number of hydrogen-bond donors (Lipinski definition) is 0. The van der Waals surface area contributed by atoms with Crippen molar-refractivity contribution in [2.75, 3.05) is 0 Å². The molecule has 0 aromatic heterocycles. The van der Waals surface area contributed by atoms with Crippen molar-refractivity contribution >= 4 is 11.8 Å². The van der Waals surface area contributed by atoms with Crippen LogP contribution in [0.4, 0.5) is 4.39 Å². The Morgan fingerprint density at radius 3 is 2.37 bits per heavy atom. The maximum atomic E-state index is 13.3. The summed E-state index contributed by atoms with van der Waals surface area (Å²) in [5.74, 6) is -2.50. The molecule has 0 atom stereocenters. The lowest BCUT2D eigenvalue weighted by atomic mass is 10.00. The number of benzene rings is 2. The fraction of sp³-hybridized carbons (Fsp3) is 0.0667. The summed E-state index contributed by atoms with van der Waals surface area (Å²) in [7, 11) is 0. The Bertz CT molecular complexity index is 662. The van der Waals surface area contributed by atoms with E-state index in [9.17, 15) is 19.1 Å². The second-order valence-electron chi connectivity index (χ2n) is 4.12. The van der Waals surface area contributed by atoms with E-state index in [-0.39, 0.29) is 5.78 Å². The Kier molecular flexibility index (Phi) is 3.42. The van der Waals surface area contributed by atoms with Crippen LogP contribution in [-0.4, -0.2) is 11.8 Å². The van der Waals surface area contributed by atoms with Crippen molar-refractivity contribution in [3.8, 4) is 11.1 Å². The van der Waals surface area contributed by atoms with Crippen LogP contribution in [0.5, 0.6) is 0 Å². The van der Waals surface area contributed by atoms with Crippen molar-refractivity contribution in [2.45, 2.75) is 6.92 Å². The predicted octanol–water partition coefficient (Wildman–Crippen LogP) is 2.06. The van der Waals surface area contributed by atoms with Crippen LogP contribution in [0.3, 0.4) is 0 Å². The molecule has 3 nitrogen and oxygen atoms in total. The van der Waals surface area contributed by atoms with Crippen LogP contribution in [0.25, 0.3) is 11.1 Å². The van der Waals surface area contributed by atoms with Gasteiger partial charge < -0.3 is 9.90 Å². The first kappa shape index (κ1) is 13.0. The van der Waals surface area contributed by atoms with Crippen LogP contribution < -0.4 is 5.11 Å². The third-order valence-corrected chi connectivity index (χ3v) is 2.79. The van der Waals surface area contributed by atoms with Crippen molar-refractivity contribution in [1.29, 1.82) is 0 Å². The van der Waals surface area contributed by atoms with Gasteiger partial charge in [-0.15, -0.1) is 0 Å². The van der Waals surface area contributed by atoms with Crippen LogP contribution in [0, 0.1) is 5.82 Å². The van der Waals surface area contributed by atoms with Crippen molar-refractivity contribution < 1.29 is 19.1 Å². The summed E-state index contributed by atoms with van der Waals surface area (Å²) in [6.45, 7) is 1.44. The molecule has 96 valence electrons. The van der Waals surface area contributed by atoms with Gasteiger partial charge in [-0.25, -0.2) is 4.39 Å². The highest BCUT2D eigenvalue weighted by Gasteiger charge is 2.07. The topological polar surface area (TPSA) is 57.2 Å². The Morgan fingerprint density at radius 1 is 1.05 bits per heavy atom. The molecule has 0 radical (unpaired) electrons. The van der Waals surface area contributed by atoms with Gasteiger partial charge in [-0.1, -0.05) is 24.3 Å². The smallest absolute Gasteiger partial charge is 0.159 e. The summed E-state index contributed by atoms with van der Waals surface area (Å²) in [4.78, 5) is 22.1. The van der Waals surface area contributed by atoms with Gasteiger partial charge in [0.1, 0.15) is 5.82 Å². The molecule has 2 aromatic rings. The van der Waals surface area contributed by atoms with Gasteiger partial charge in [0.2, 0.25) is 0 Å². The lowest BCUT2D eigenvalue weighted by Crippen LogP contribution is -2.23. The Labute approximate surface area is 109 Å². The number of carboxylic acid groups (broad SMARTS) is 1. The van der Waals surface area contributed by atoms with E-state index in [1.807, 2.05) is 0 Å². The molecule has 0 unspecified atom stereocenters. The standard InChI is InChI=1S/C15H11FO3/c1-9(17)10-3-2-4-11(7-10)12-5-6-14(16)13(8-12)15(18)19/h2-8H,1H3,(H,18,19)/p-1. The number of hydrogen-bond acceptors (Lipinski definition) is 3. The number of carbonyl (C=O) groups excluding carboxylic acids is 2. The van der Waals surface area contributed by atoms with E-state index in [0.717, 1.165) is 6.07 Å². The Hall–Kier alpha value is -2.49.